The van der Waals surface area contributed by atoms with Gasteiger partial charge in [0.15, 0.2) is 0 Å². The molecule has 3 amide bonds. The molecule has 0 atom stereocenters. The lowest BCUT2D eigenvalue weighted by molar-refractivity contribution is -0.114. The van der Waals surface area contributed by atoms with E-state index in [1.807, 2.05) is 43.0 Å². The summed E-state index contributed by atoms with van der Waals surface area (Å²) in [7, 11) is 0. The minimum Gasteiger partial charge on any atom is -0.339 e. The summed E-state index contributed by atoms with van der Waals surface area (Å²) >= 11 is 1.25. The van der Waals surface area contributed by atoms with E-state index in [9.17, 15) is 14.4 Å². The van der Waals surface area contributed by atoms with E-state index in [-0.39, 0.29) is 29.2 Å². The zero-order valence-electron chi connectivity index (χ0n) is 17.4. The highest BCUT2D eigenvalue weighted by Crippen LogP contribution is 2.22. The van der Waals surface area contributed by atoms with E-state index in [1.54, 1.807) is 18.2 Å². The van der Waals surface area contributed by atoms with E-state index in [4.69, 9.17) is 0 Å². The van der Waals surface area contributed by atoms with Crippen LogP contribution in [-0.2, 0) is 9.59 Å². The van der Waals surface area contributed by atoms with E-state index in [0.717, 1.165) is 42.7 Å². The number of amides is 3. The van der Waals surface area contributed by atoms with E-state index in [0.29, 0.717) is 11.3 Å². The smallest absolute Gasteiger partial charge is 0.254 e. The number of carbonyl (C=O) groups excluding carboxylic acids is 3. The summed E-state index contributed by atoms with van der Waals surface area (Å²) in [4.78, 5) is 38.9. The maximum atomic E-state index is 12.7. The molecule has 0 radical (unpaired) electrons. The summed E-state index contributed by atoms with van der Waals surface area (Å²) in [6.45, 7) is 5.41. The number of rotatable bonds is 7. The molecule has 2 aromatic rings. The number of carbonyl (C=O) groups is 3. The molecule has 0 bridgehead atoms. The fourth-order valence-electron chi connectivity index (χ4n) is 3.35. The zero-order valence-corrected chi connectivity index (χ0v) is 18.2. The highest BCUT2D eigenvalue weighted by atomic mass is 32.2. The predicted molar refractivity (Wildman–Crippen MR) is 122 cm³/mol. The molecule has 2 aromatic carbocycles. The molecule has 0 aromatic heterocycles. The third-order valence-corrected chi connectivity index (χ3v) is 5.97. The summed E-state index contributed by atoms with van der Waals surface area (Å²) in [5.41, 5.74) is 3.89. The first-order valence-corrected chi connectivity index (χ1v) is 11.2. The molecule has 30 heavy (non-hydrogen) atoms. The average molecular weight is 426 g/mol. The highest BCUT2D eigenvalue weighted by molar-refractivity contribution is 8.00. The van der Waals surface area contributed by atoms with Crippen LogP contribution >= 0.6 is 11.8 Å². The molecule has 7 heteroatoms. The van der Waals surface area contributed by atoms with Gasteiger partial charge < -0.3 is 15.5 Å². The van der Waals surface area contributed by atoms with Crippen molar-refractivity contribution in [2.24, 2.45) is 0 Å². The molecule has 1 heterocycles. The van der Waals surface area contributed by atoms with Crippen molar-refractivity contribution in [2.45, 2.75) is 26.7 Å². The Hall–Kier alpha value is -2.80. The second kappa shape index (κ2) is 10.3. The zero-order chi connectivity index (χ0) is 21.5. The van der Waals surface area contributed by atoms with Gasteiger partial charge in [-0.15, -0.1) is 11.8 Å². The monoisotopic (exact) mass is 425 g/mol. The summed E-state index contributed by atoms with van der Waals surface area (Å²) in [6, 6.07) is 12.9. The van der Waals surface area contributed by atoms with Crippen molar-refractivity contribution in [3.05, 3.63) is 59.2 Å². The average Bonchev–Trinajstić information content (AvgIpc) is 3.26. The maximum absolute atomic E-state index is 12.7. The lowest BCUT2D eigenvalue weighted by Gasteiger charge is -2.18. The van der Waals surface area contributed by atoms with Gasteiger partial charge in [-0.1, -0.05) is 23.8 Å². The van der Waals surface area contributed by atoms with Crippen LogP contribution in [0.4, 0.5) is 11.4 Å². The number of hydrogen-bond donors (Lipinski definition) is 2. The SMILES string of the molecule is Cc1ccc(NC(=O)CSCC(=O)Nc2cccc(C(=O)N3CCCC3)c2C)cc1. The van der Waals surface area contributed by atoms with Crippen LogP contribution < -0.4 is 10.6 Å². The number of nitrogens with zero attached hydrogens (tertiary/aromatic N) is 1. The van der Waals surface area contributed by atoms with Crippen LogP contribution in [0.5, 0.6) is 0 Å². The number of hydrogen-bond acceptors (Lipinski definition) is 4. The highest BCUT2D eigenvalue weighted by Gasteiger charge is 2.22. The summed E-state index contributed by atoms with van der Waals surface area (Å²) in [6.07, 6.45) is 2.08. The standard InChI is InChI=1S/C23H27N3O3S/c1-16-8-10-18(11-9-16)24-21(27)14-30-15-22(28)25-20-7-5-6-19(17(20)2)23(29)26-12-3-4-13-26/h5-11H,3-4,12-15H2,1-2H3,(H,24,27)(H,25,28). The molecule has 0 spiro atoms. The fourth-order valence-corrected chi connectivity index (χ4v) is 3.97. The Kier molecular flexibility index (Phi) is 7.52. The van der Waals surface area contributed by atoms with Gasteiger partial charge in [-0.25, -0.2) is 0 Å². The van der Waals surface area contributed by atoms with E-state index in [1.165, 1.54) is 11.8 Å². The maximum Gasteiger partial charge on any atom is 0.254 e. The predicted octanol–water partition coefficient (Wildman–Crippen LogP) is 3.85. The van der Waals surface area contributed by atoms with Gasteiger partial charge in [0.05, 0.1) is 11.5 Å². The van der Waals surface area contributed by atoms with Gasteiger partial charge in [0, 0.05) is 30.0 Å². The first-order valence-electron chi connectivity index (χ1n) is 10.1. The van der Waals surface area contributed by atoms with Crippen LogP contribution in [0.3, 0.4) is 0 Å². The second-order valence-corrected chi connectivity index (χ2v) is 8.42. The van der Waals surface area contributed by atoms with Crippen molar-refractivity contribution < 1.29 is 14.4 Å². The minimum absolute atomic E-state index is 0.0169. The molecule has 6 nitrogen and oxygen atoms in total. The molecule has 1 aliphatic rings. The van der Waals surface area contributed by atoms with Crippen molar-refractivity contribution >= 4 is 40.9 Å². The summed E-state index contributed by atoms with van der Waals surface area (Å²) in [5, 5.41) is 5.68. The molecule has 3 rings (SSSR count). The van der Waals surface area contributed by atoms with Gasteiger partial charge in [-0.2, -0.15) is 0 Å². The molecule has 2 N–H and O–H groups in total. The second-order valence-electron chi connectivity index (χ2n) is 7.43. The Bertz CT molecular complexity index is 922. The van der Waals surface area contributed by atoms with Gasteiger partial charge in [0.1, 0.15) is 0 Å². The Morgan fingerprint density at radius 3 is 2.20 bits per heavy atom. The molecule has 0 unspecified atom stereocenters. The van der Waals surface area contributed by atoms with Crippen molar-refractivity contribution in [1.29, 1.82) is 0 Å². The van der Waals surface area contributed by atoms with E-state index >= 15 is 0 Å². The van der Waals surface area contributed by atoms with E-state index in [2.05, 4.69) is 10.6 Å². The number of thioether (sulfide) groups is 1. The summed E-state index contributed by atoms with van der Waals surface area (Å²) < 4.78 is 0. The minimum atomic E-state index is -0.197. The van der Waals surface area contributed by atoms with Crippen LogP contribution in [0.25, 0.3) is 0 Å². The molecule has 158 valence electrons. The number of aryl methyl sites for hydroxylation is 1. The lowest BCUT2D eigenvalue weighted by Crippen LogP contribution is -2.28. The topological polar surface area (TPSA) is 78.5 Å². The lowest BCUT2D eigenvalue weighted by atomic mass is 10.1. The normalized spacial score (nSPS) is 13.2. The molecule has 1 saturated heterocycles. The molecule has 0 saturated carbocycles. The van der Waals surface area contributed by atoms with Crippen LogP contribution in [0.2, 0.25) is 0 Å². The quantitative estimate of drug-likeness (QED) is 0.706. The van der Waals surface area contributed by atoms with Gasteiger partial charge in [0.25, 0.3) is 5.91 Å². The van der Waals surface area contributed by atoms with Gasteiger partial charge in [-0.3, -0.25) is 14.4 Å². The number of likely N-dealkylation sites (tertiary alicyclic amines) is 1. The van der Waals surface area contributed by atoms with Crippen molar-refractivity contribution in [2.75, 3.05) is 35.2 Å². The van der Waals surface area contributed by atoms with Crippen LogP contribution in [0.15, 0.2) is 42.5 Å². The Morgan fingerprint density at radius 1 is 0.900 bits per heavy atom. The Balaban J connectivity index is 1.48. The van der Waals surface area contributed by atoms with Crippen LogP contribution in [0.1, 0.15) is 34.3 Å². The number of benzene rings is 2. The Morgan fingerprint density at radius 2 is 1.53 bits per heavy atom. The third-order valence-electron chi connectivity index (χ3n) is 5.03. The van der Waals surface area contributed by atoms with Crippen LogP contribution in [-0.4, -0.2) is 47.2 Å². The van der Waals surface area contributed by atoms with E-state index < -0.39 is 0 Å². The molecular weight excluding hydrogens is 398 g/mol. The molecular formula is C23H27N3O3S. The number of nitrogens with one attached hydrogen (secondary N) is 2. The number of anilines is 2. The van der Waals surface area contributed by atoms with Crippen LogP contribution in [0, 0.1) is 13.8 Å². The first-order chi connectivity index (χ1) is 14.4. The molecule has 1 aliphatic heterocycles. The van der Waals surface area contributed by atoms with Gasteiger partial charge in [-0.05, 0) is 56.5 Å². The van der Waals surface area contributed by atoms with Gasteiger partial charge >= 0.3 is 0 Å². The molecule has 1 fully saturated rings. The van der Waals surface area contributed by atoms with Crippen molar-refractivity contribution in [3.63, 3.8) is 0 Å². The molecule has 0 aliphatic carbocycles. The van der Waals surface area contributed by atoms with Gasteiger partial charge in [0.2, 0.25) is 11.8 Å². The van der Waals surface area contributed by atoms with Crippen molar-refractivity contribution in [3.8, 4) is 0 Å². The fraction of sp³-hybridized carbons (Fsp3) is 0.348. The Labute approximate surface area is 181 Å². The summed E-state index contributed by atoms with van der Waals surface area (Å²) in [5.74, 6) is 0.0186. The largest absolute Gasteiger partial charge is 0.339 e. The first kappa shape index (κ1) is 21.9. The van der Waals surface area contributed by atoms with Crippen molar-refractivity contribution in [1.82, 2.24) is 4.90 Å². The third kappa shape index (κ3) is 5.86.